The molecule has 0 heterocycles. The van der Waals surface area contributed by atoms with Crippen LogP contribution in [0.2, 0.25) is 0 Å². The highest BCUT2D eigenvalue weighted by molar-refractivity contribution is 5.82. The van der Waals surface area contributed by atoms with Gasteiger partial charge in [-0.3, -0.25) is 0 Å². The Labute approximate surface area is 187 Å². The van der Waals surface area contributed by atoms with E-state index in [9.17, 15) is 14.4 Å². The lowest BCUT2D eigenvalue weighted by molar-refractivity contribution is -0.137. The molecule has 2 rings (SSSR count). The summed E-state index contributed by atoms with van der Waals surface area (Å²) in [5.74, 6) is -0.546. The van der Waals surface area contributed by atoms with Gasteiger partial charge in [-0.1, -0.05) is 73.7 Å². The number of carbonyl (C=O) groups excluding carboxylic acids is 3. The fourth-order valence-corrected chi connectivity index (χ4v) is 2.69. The average molecular weight is 440 g/mol. The lowest BCUT2D eigenvalue weighted by Crippen LogP contribution is -2.51. The van der Waals surface area contributed by atoms with Gasteiger partial charge in [0.2, 0.25) is 0 Å². The van der Waals surface area contributed by atoms with Crippen molar-refractivity contribution in [3.63, 3.8) is 0 Å². The first kappa shape index (κ1) is 24.5. The third kappa shape index (κ3) is 8.51. The number of benzene rings is 2. The van der Waals surface area contributed by atoms with E-state index in [1.807, 2.05) is 60.7 Å². The predicted molar refractivity (Wildman–Crippen MR) is 118 cm³/mol. The Morgan fingerprint density at radius 2 is 1.44 bits per heavy atom. The topological polar surface area (TPSA) is 94.2 Å². The highest BCUT2D eigenvalue weighted by Gasteiger charge is 2.25. The Hall–Kier alpha value is -3.81. The second-order valence-corrected chi connectivity index (χ2v) is 6.67. The standard InChI is InChI=1S/C24H28N2O6/c1-3-21(15-16-22(27)30-4-2)26(24(29)32-18-20-13-9-6-10-14-20)25-23(28)31-17-19-11-7-5-8-12-19/h5-16,21H,3-4,17-18H2,1-2H3,(H,25,28)/b16-15+/t21-/m1/s1. The number of carbonyl (C=O) groups is 3. The van der Waals surface area contributed by atoms with Gasteiger partial charge in [0.15, 0.2) is 0 Å². The SMILES string of the molecule is CCOC(=O)/C=C/[C@@H](CC)N(NC(=O)OCc1ccccc1)C(=O)OCc1ccccc1. The third-order valence-electron chi connectivity index (χ3n) is 4.32. The van der Waals surface area contributed by atoms with Gasteiger partial charge < -0.3 is 14.2 Å². The van der Waals surface area contributed by atoms with Crippen molar-refractivity contribution >= 4 is 18.2 Å². The van der Waals surface area contributed by atoms with Gasteiger partial charge in [-0.2, -0.15) is 0 Å². The van der Waals surface area contributed by atoms with Crippen LogP contribution >= 0.6 is 0 Å². The molecule has 170 valence electrons. The first-order valence-electron chi connectivity index (χ1n) is 10.4. The van der Waals surface area contributed by atoms with Crippen LogP contribution < -0.4 is 5.43 Å². The zero-order valence-electron chi connectivity index (χ0n) is 18.2. The number of hydrazine groups is 1. The molecule has 0 aliphatic carbocycles. The van der Waals surface area contributed by atoms with Gasteiger partial charge in [0.25, 0.3) is 0 Å². The average Bonchev–Trinajstić information content (AvgIpc) is 2.82. The third-order valence-corrected chi connectivity index (χ3v) is 4.32. The number of esters is 1. The summed E-state index contributed by atoms with van der Waals surface area (Å²) in [6.45, 7) is 3.78. The molecule has 0 spiro atoms. The molecule has 2 aromatic carbocycles. The van der Waals surface area contributed by atoms with E-state index in [4.69, 9.17) is 14.2 Å². The Bertz CT molecular complexity index is 886. The molecule has 0 fully saturated rings. The Morgan fingerprint density at radius 3 is 1.97 bits per heavy atom. The fraction of sp³-hybridized carbons (Fsp3) is 0.292. The van der Waals surface area contributed by atoms with Crippen molar-refractivity contribution in [1.29, 1.82) is 0 Å². The smallest absolute Gasteiger partial charge is 0.429 e. The van der Waals surface area contributed by atoms with E-state index >= 15 is 0 Å². The second kappa shape index (κ2) is 13.5. The summed E-state index contributed by atoms with van der Waals surface area (Å²) in [6, 6.07) is 17.6. The largest absolute Gasteiger partial charge is 0.463 e. The normalized spacial score (nSPS) is 11.4. The highest BCUT2D eigenvalue weighted by atomic mass is 16.6. The van der Waals surface area contributed by atoms with Gasteiger partial charge in [0.1, 0.15) is 13.2 Å². The zero-order chi connectivity index (χ0) is 23.2. The van der Waals surface area contributed by atoms with Gasteiger partial charge in [-0.05, 0) is 24.5 Å². The van der Waals surface area contributed by atoms with E-state index in [1.54, 1.807) is 13.8 Å². The fourth-order valence-electron chi connectivity index (χ4n) is 2.69. The van der Waals surface area contributed by atoms with E-state index in [0.29, 0.717) is 6.42 Å². The second-order valence-electron chi connectivity index (χ2n) is 6.67. The van der Waals surface area contributed by atoms with Crippen LogP contribution in [-0.2, 0) is 32.2 Å². The quantitative estimate of drug-likeness (QED) is 0.269. The highest BCUT2D eigenvalue weighted by Crippen LogP contribution is 2.10. The predicted octanol–water partition coefficient (Wildman–Crippen LogP) is 4.36. The maximum absolute atomic E-state index is 12.8. The Kier molecular flexibility index (Phi) is 10.3. The van der Waals surface area contributed by atoms with E-state index in [-0.39, 0.29) is 19.8 Å². The van der Waals surface area contributed by atoms with Gasteiger partial charge in [-0.15, -0.1) is 0 Å². The number of ether oxygens (including phenoxy) is 3. The summed E-state index contributed by atoms with van der Waals surface area (Å²) in [6.07, 6.45) is 1.47. The first-order valence-corrected chi connectivity index (χ1v) is 10.4. The molecule has 1 N–H and O–H groups in total. The first-order chi connectivity index (χ1) is 15.5. The number of nitrogens with zero attached hydrogens (tertiary/aromatic N) is 1. The van der Waals surface area contributed by atoms with Gasteiger partial charge in [-0.25, -0.2) is 24.8 Å². The maximum Gasteiger partial charge on any atom is 0.429 e. The van der Waals surface area contributed by atoms with Crippen molar-refractivity contribution in [2.45, 2.75) is 39.5 Å². The van der Waals surface area contributed by atoms with Crippen molar-refractivity contribution in [2.24, 2.45) is 0 Å². The molecule has 2 aromatic rings. The van der Waals surface area contributed by atoms with Crippen molar-refractivity contribution in [1.82, 2.24) is 10.4 Å². The molecule has 0 bridgehead atoms. The van der Waals surface area contributed by atoms with Crippen LogP contribution in [-0.4, -0.2) is 35.8 Å². The van der Waals surface area contributed by atoms with Crippen molar-refractivity contribution in [2.75, 3.05) is 6.61 Å². The Morgan fingerprint density at radius 1 is 0.875 bits per heavy atom. The van der Waals surface area contributed by atoms with Gasteiger partial charge in [0, 0.05) is 6.08 Å². The Balaban J connectivity index is 2.07. The van der Waals surface area contributed by atoms with Crippen LogP contribution in [0.25, 0.3) is 0 Å². The monoisotopic (exact) mass is 440 g/mol. The van der Waals surface area contributed by atoms with Gasteiger partial charge >= 0.3 is 18.2 Å². The van der Waals surface area contributed by atoms with Crippen LogP contribution in [0.1, 0.15) is 31.4 Å². The molecule has 0 aliphatic heterocycles. The van der Waals surface area contributed by atoms with Crippen LogP contribution in [0.15, 0.2) is 72.8 Å². The van der Waals surface area contributed by atoms with E-state index < -0.39 is 24.2 Å². The summed E-state index contributed by atoms with van der Waals surface area (Å²) in [7, 11) is 0. The van der Waals surface area contributed by atoms with Crippen LogP contribution in [0, 0.1) is 0 Å². The number of hydrogen-bond acceptors (Lipinski definition) is 6. The molecule has 1 atom stereocenters. The molecular weight excluding hydrogens is 412 g/mol. The molecule has 0 saturated carbocycles. The summed E-state index contributed by atoms with van der Waals surface area (Å²) in [4.78, 5) is 36.8. The lowest BCUT2D eigenvalue weighted by atomic mass is 10.2. The molecule has 0 aromatic heterocycles. The van der Waals surface area contributed by atoms with Crippen LogP contribution in [0.4, 0.5) is 9.59 Å². The van der Waals surface area contributed by atoms with Gasteiger partial charge in [0.05, 0.1) is 12.6 Å². The number of nitrogens with one attached hydrogen (secondary N) is 1. The lowest BCUT2D eigenvalue weighted by Gasteiger charge is -2.28. The van der Waals surface area contributed by atoms with Crippen molar-refractivity contribution in [3.8, 4) is 0 Å². The molecule has 8 nitrogen and oxygen atoms in total. The van der Waals surface area contributed by atoms with E-state index in [2.05, 4.69) is 5.43 Å². The number of rotatable bonds is 9. The van der Waals surface area contributed by atoms with Crippen molar-refractivity contribution < 1.29 is 28.6 Å². The molecular formula is C24H28N2O6. The summed E-state index contributed by atoms with van der Waals surface area (Å²) in [5, 5.41) is 1.01. The minimum absolute atomic E-state index is 0.0228. The molecule has 8 heteroatoms. The van der Waals surface area contributed by atoms with Crippen LogP contribution in [0.5, 0.6) is 0 Å². The molecule has 0 unspecified atom stereocenters. The zero-order valence-corrected chi connectivity index (χ0v) is 18.2. The summed E-state index contributed by atoms with van der Waals surface area (Å²) >= 11 is 0. The number of amides is 2. The minimum atomic E-state index is -0.825. The van der Waals surface area contributed by atoms with E-state index in [1.165, 1.54) is 12.2 Å². The van der Waals surface area contributed by atoms with Crippen LogP contribution in [0.3, 0.4) is 0 Å². The molecule has 0 radical (unpaired) electrons. The minimum Gasteiger partial charge on any atom is -0.463 e. The molecule has 0 aliphatic rings. The summed E-state index contributed by atoms with van der Waals surface area (Å²) < 4.78 is 15.5. The molecule has 0 saturated heterocycles. The summed E-state index contributed by atoms with van der Waals surface area (Å²) in [5.41, 5.74) is 4.02. The van der Waals surface area contributed by atoms with Crippen molar-refractivity contribution in [3.05, 3.63) is 83.9 Å². The maximum atomic E-state index is 12.8. The molecule has 2 amide bonds. The van der Waals surface area contributed by atoms with E-state index in [0.717, 1.165) is 16.1 Å². The number of hydrogen-bond donors (Lipinski definition) is 1. The molecule has 32 heavy (non-hydrogen) atoms.